The molecule has 0 aliphatic rings. The minimum atomic E-state index is -4.27. The molecule has 1 aromatic carbocycles. The Morgan fingerprint density at radius 2 is 1.85 bits per heavy atom. The Kier molecular flexibility index (Phi) is 4.83. The summed E-state index contributed by atoms with van der Waals surface area (Å²) >= 11 is 1.66. The summed E-state index contributed by atoms with van der Waals surface area (Å²) in [7, 11) is 0. The van der Waals surface area contributed by atoms with E-state index in [2.05, 4.69) is 5.32 Å². The average molecular weight is 299 g/mol. The molecule has 1 unspecified atom stereocenters. The van der Waals surface area contributed by atoms with Gasteiger partial charge in [0, 0.05) is 10.9 Å². The maximum Gasteiger partial charge on any atom is 0.416 e. The van der Waals surface area contributed by atoms with E-state index in [1.165, 1.54) is 4.88 Å². The van der Waals surface area contributed by atoms with E-state index in [-0.39, 0.29) is 6.04 Å². The highest BCUT2D eigenvalue weighted by molar-refractivity contribution is 7.10. The molecular formula is C15H16F3NS. The SMILES string of the molecule is CCNC(Cc1ccc(C(F)(F)F)cc1)c1cccs1. The van der Waals surface area contributed by atoms with Gasteiger partial charge >= 0.3 is 6.18 Å². The van der Waals surface area contributed by atoms with Crippen LogP contribution >= 0.6 is 11.3 Å². The van der Waals surface area contributed by atoms with Gasteiger partial charge in [-0.15, -0.1) is 11.3 Å². The summed E-state index contributed by atoms with van der Waals surface area (Å²) in [5.74, 6) is 0. The lowest BCUT2D eigenvalue weighted by atomic mass is 10.0. The molecule has 1 aromatic heterocycles. The molecule has 108 valence electrons. The van der Waals surface area contributed by atoms with Crippen molar-refractivity contribution in [2.24, 2.45) is 0 Å². The summed E-state index contributed by atoms with van der Waals surface area (Å²) in [6.07, 6.45) is -3.58. The third-order valence-corrected chi connectivity index (χ3v) is 4.04. The molecule has 0 aliphatic heterocycles. The lowest BCUT2D eigenvalue weighted by molar-refractivity contribution is -0.137. The van der Waals surface area contributed by atoms with E-state index >= 15 is 0 Å². The summed E-state index contributed by atoms with van der Waals surface area (Å²) in [4.78, 5) is 1.20. The standard InChI is InChI=1S/C15H16F3NS/c1-2-19-13(14-4-3-9-20-14)10-11-5-7-12(8-6-11)15(16,17)18/h3-9,13,19H,2,10H2,1H3. The van der Waals surface area contributed by atoms with Crippen LogP contribution in [0.15, 0.2) is 41.8 Å². The maximum absolute atomic E-state index is 12.5. The average Bonchev–Trinajstić information content (AvgIpc) is 2.91. The number of halogens is 3. The smallest absolute Gasteiger partial charge is 0.309 e. The molecule has 1 heterocycles. The van der Waals surface area contributed by atoms with Crippen LogP contribution in [0.5, 0.6) is 0 Å². The van der Waals surface area contributed by atoms with Crippen LogP contribution in [0.1, 0.15) is 29.0 Å². The third-order valence-electron chi connectivity index (χ3n) is 3.06. The number of likely N-dealkylation sites (N-methyl/N-ethyl adjacent to an activating group) is 1. The Bertz CT molecular complexity index is 517. The monoisotopic (exact) mass is 299 g/mol. The predicted molar refractivity (Wildman–Crippen MR) is 75.9 cm³/mol. The highest BCUT2D eigenvalue weighted by Crippen LogP contribution is 2.30. The van der Waals surface area contributed by atoms with E-state index in [0.29, 0.717) is 6.42 Å². The fourth-order valence-corrected chi connectivity index (χ4v) is 2.88. The van der Waals surface area contributed by atoms with Crippen LogP contribution in [0.25, 0.3) is 0 Å². The second-order valence-electron chi connectivity index (χ2n) is 4.52. The van der Waals surface area contributed by atoms with Crippen LogP contribution in [0.3, 0.4) is 0 Å². The fraction of sp³-hybridized carbons (Fsp3) is 0.333. The van der Waals surface area contributed by atoms with Crippen molar-refractivity contribution in [3.05, 3.63) is 57.8 Å². The Hall–Kier alpha value is -1.33. The minimum Gasteiger partial charge on any atom is -0.309 e. The van der Waals surface area contributed by atoms with Crippen LogP contribution in [0.4, 0.5) is 13.2 Å². The second kappa shape index (κ2) is 6.41. The van der Waals surface area contributed by atoms with Crippen molar-refractivity contribution < 1.29 is 13.2 Å². The van der Waals surface area contributed by atoms with E-state index in [4.69, 9.17) is 0 Å². The highest BCUT2D eigenvalue weighted by atomic mass is 32.1. The third kappa shape index (κ3) is 3.84. The molecule has 0 spiro atoms. The Morgan fingerprint density at radius 3 is 2.35 bits per heavy atom. The van der Waals surface area contributed by atoms with Gasteiger partial charge in [-0.25, -0.2) is 0 Å². The van der Waals surface area contributed by atoms with Gasteiger partial charge in [0.25, 0.3) is 0 Å². The van der Waals surface area contributed by atoms with Crippen molar-refractivity contribution in [3.8, 4) is 0 Å². The van der Waals surface area contributed by atoms with Crippen LogP contribution < -0.4 is 5.32 Å². The zero-order valence-corrected chi connectivity index (χ0v) is 11.9. The fourth-order valence-electron chi connectivity index (χ4n) is 2.07. The number of hydrogen-bond donors (Lipinski definition) is 1. The lowest BCUT2D eigenvalue weighted by Crippen LogP contribution is -2.22. The molecule has 0 fully saturated rings. The molecule has 0 bridgehead atoms. The van der Waals surface area contributed by atoms with E-state index in [9.17, 15) is 13.2 Å². The van der Waals surface area contributed by atoms with E-state index in [1.54, 1.807) is 23.5 Å². The van der Waals surface area contributed by atoms with Crippen molar-refractivity contribution in [1.29, 1.82) is 0 Å². The molecule has 1 nitrogen and oxygen atoms in total. The summed E-state index contributed by atoms with van der Waals surface area (Å²) in [6, 6.07) is 9.58. The van der Waals surface area contributed by atoms with Gasteiger partial charge in [0.2, 0.25) is 0 Å². The molecule has 2 rings (SSSR count). The second-order valence-corrected chi connectivity index (χ2v) is 5.50. The molecule has 0 saturated carbocycles. The van der Waals surface area contributed by atoms with Gasteiger partial charge in [-0.3, -0.25) is 0 Å². The lowest BCUT2D eigenvalue weighted by Gasteiger charge is -2.17. The summed E-state index contributed by atoms with van der Waals surface area (Å²) in [5, 5.41) is 5.37. The number of thiophene rings is 1. The van der Waals surface area contributed by atoms with Crippen LogP contribution in [-0.2, 0) is 12.6 Å². The molecule has 5 heteroatoms. The van der Waals surface area contributed by atoms with Gasteiger partial charge in [0.1, 0.15) is 0 Å². The summed E-state index contributed by atoms with van der Waals surface area (Å²) in [5.41, 5.74) is 0.301. The number of nitrogens with one attached hydrogen (secondary N) is 1. The van der Waals surface area contributed by atoms with E-state index < -0.39 is 11.7 Å². The molecule has 1 atom stereocenters. The van der Waals surface area contributed by atoms with Gasteiger partial charge in [-0.05, 0) is 42.1 Å². The predicted octanol–water partition coefficient (Wildman–Crippen LogP) is 4.66. The Labute approximate surface area is 120 Å². The summed E-state index contributed by atoms with van der Waals surface area (Å²) in [6.45, 7) is 2.84. The van der Waals surface area contributed by atoms with E-state index in [1.807, 2.05) is 24.4 Å². The number of benzene rings is 1. The normalized spacial score (nSPS) is 13.4. The first kappa shape index (κ1) is 15.1. The van der Waals surface area contributed by atoms with Crippen LogP contribution in [-0.4, -0.2) is 6.54 Å². The molecular weight excluding hydrogens is 283 g/mol. The van der Waals surface area contributed by atoms with Crippen molar-refractivity contribution in [1.82, 2.24) is 5.32 Å². The molecule has 2 aromatic rings. The zero-order chi connectivity index (χ0) is 14.6. The van der Waals surface area contributed by atoms with Crippen molar-refractivity contribution in [3.63, 3.8) is 0 Å². The Balaban J connectivity index is 2.11. The number of hydrogen-bond acceptors (Lipinski definition) is 2. The molecule has 0 aliphatic carbocycles. The first-order chi connectivity index (χ1) is 9.50. The molecule has 0 saturated heterocycles. The maximum atomic E-state index is 12.5. The van der Waals surface area contributed by atoms with Gasteiger partial charge in [0.05, 0.1) is 5.56 Å². The largest absolute Gasteiger partial charge is 0.416 e. The Morgan fingerprint density at radius 1 is 1.15 bits per heavy atom. The summed E-state index contributed by atoms with van der Waals surface area (Å²) < 4.78 is 37.5. The number of rotatable bonds is 5. The minimum absolute atomic E-state index is 0.150. The van der Waals surface area contributed by atoms with Gasteiger partial charge in [0.15, 0.2) is 0 Å². The zero-order valence-electron chi connectivity index (χ0n) is 11.1. The van der Waals surface area contributed by atoms with Crippen LogP contribution in [0.2, 0.25) is 0 Å². The van der Waals surface area contributed by atoms with E-state index in [0.717, 1.165) is 24.2 Å². The van der Waals surface area contributed by atoms with Crippen molar-refractivity contribution >= 4 is 11.3 Å². The van der Waals surface area contributed by atoms with Crippen molar-refractivity contribution in [2.45, 2.75) is 25.6 Å². The van der Waals surface area contributed by atoms with Gasteiger partial charge in [-0.2, -0.15) is 13.2 Å². The van der Waals surface area contributed by atoms with Gasteiger partial charge < -0.3 is 5.32 Å². The van der Waals surface area contributed by atoms with Crippen LogP contribution in [0, 0.1) is 0 Å². The quantitative estimate of drug-likeness (QED) is 0.846. The molecule has 0 amide bonds. The highest BCUT2D eigenvalue weighted by Gasteiger charge is 2.30. The molecule has 20 heavy (non-hydrogen) atoms. The topological polar surface area (TPSA) is 12.0 Å². The molecule has 1 N–H and O–H groups in total. The first-order valence-corrected chi connectivity index (χ1v) is 7.31. The number of alkyl halides is 3. The first-order valence-electron chi connectivity index (χ1n) is 6.43. The van der Waals surface area contributed by atoms with Crippen molar-refractivity contribution in [2.75, 3.05) is 6.54 Å². The molecule has 0 radical (unpaired) electrons. The van der Waals surface area contributed by atoms with Gasteiger partial charge in [-0.1, -0.05) is 25.1 Å².